The highest BCUT2D eigenvalue weighted by Gasteiger charge is 2.27. The quantitative estimate of drug-likeness (QED) is 0.568. The van der Waals surface area contributed by atoms with Gasteiger partial charge in [-0.2, -0.15) is 0 Å². The van der Waals surface area contributed by atoms with Gasteiger partial charge in [0.2, 0.25) is 5.91 Å². The second-order valence-electron chi connectivity index (χ2n) is 6.17. The molecule has 2 aromatic carbocycles. The fourth-order valence-corrected chi connectivity index (χ4v) is 4.15. The molecule has 0 fully saturated rings. The van der Waals surface area contributed by atoms with Crippen LogP contribution in [0.15, 0.2) is 30.3 Å². The summed E-state index contributed by atoms with van der Waals surface area (Å²) in [6, 6.07) is 10.7. The number of rotatable bonds is 0. The number of aromatic nitrogens is 1. The molecule has 0 saturated heterocycles. The van der Waals surface area contributed by atoms with Gasteiger partial charge in [-0.15, -0.1) is 0 Å². The maximum atomic E-state index is 12.5. The normalized spacial score (nSPS) is 16.6. The number of fused-ring (bicyclic) bond motifs is 5. The summed E-state index contributed by atoms with van der Waals surface area (Å²) in [6.45, 7) is 2.22. The highest BCUT2D eigenvalue weighted by atomic mass is 35.5. The largest absolute Gasteiger partial charge is 1.00 e. The molecule has 2 aliphatic rings. The van der Waals surface area contributed by atoms with E-state index >= 15 is 0 Å². The van der Waals surface area contributed by atoms with Crippen LogP contribution in [0, 0.1) is 0 Å². The predicted molar refractivity (Wildman–Crippen MR) is 82.6 cm³/mol. The molecule has 5 rings (SSSR count). The molecule has 0 amide bonds. The number of carbonyl (C=O) groups excluding carboxylic acids is 1. The summed E-state index contributed by atoms with van der Waals surface area (Å²) in [5.41, 5.74) is 6.58. The van der Waals surface area contributed by atoms with E-state index in [2.05, 4.69) is 29.6 Å². The van der Waals surface area contributed by atoms with Crippen LogP contribution in [0.3, 0.4) is 0 Å². The average Bonchev–Trinajstić information content (AvgIpc) is 2.88. The van der Waals surface area contributed by atoms with E-state index in [1.54, 1.807) is 0 Å². The number of quaternary nitrogens is 1. The zero-order valence-corrected chi connectivity index (χ0v) is 13.0. The Morgan fingerprint density at radius 1 is 1.05 bits per heavy atom. The fourth-order valence-electron chi connectivity index (χ4n) is 4.15. The van der Waals surface area contributed by atoms with E-state index < -0.39 is 0 Å². The maximum absolute atomic E-state index is 12.5. The number of nitrogens with zero attached hydrogens (tertiary/aromatic N) is 1. The molecule has 4 heteroatoms. The topological polar surface area (TPSA) is 38.6 Å². The molecule has 0 aliphatic carbocycles. The standard InChI is InChI=1S/C18H16N2O.ClH/c21-16-6-5-11-9-12-10-19-8-7-13(12)17-14-3-1-2-4-15(14)20(16)18(11)17;/h1-4,9,19H,5-8,10H2;1H. The third-order valence-electron chi connectivity index (χ3n) is 5.04. The van der Waals surface area contributed by atoms with Crippen molar-refractivity contribution in [1.29, 1.82) is 0 Å². The van der Waals surface area contributed by atoms with Gasteiger partial charge >= 0.3 is 0 Å². The molecule has 0 atom stereocenters. The third-order valence-corrected chi connectivity index (χ3v) is 5.04. The fraction of sp³-hybridized carbons (Fsp3) is 0.278. The first kappa shape index (κ1) is 13.8. The minimum atomic E-state index is 0. The van der Waals surface area contributed by atoms with E-state index in [1.807, 2.05) is 10.6 Å². The van der Waals surface area contributed by atoms with Crippen LogP contribution in [-0.4, -0.2) is 17.0 Å². The van der Waals surface area contributed by atoms with Gasteiger partial charge in [-0.1, -0.05) is 18.2 Å². The summed E-state index contributed by atoms with van der Waals surface area (Å²) in [6.07, 6.45) is 2.62. The SMILES string of the molecule is O=C1CCc2cc3c(c4c5ccccc5n1c24)CC[NH2+]C3.[Cl-]. The molecular formula is C18H17ClN2O. The highest BCUT2D eigenvalue weighted by molar-refractivity contribution is 6.16. The molecule has 0 spiro atoms. The molecule has 1 aromatic heterocycles. The monoisotopic (exact) mass is 312 g/mol. The van der Waals surface area contributed by atoms with Crippen LogP contribution in [0.5, 0.6) is 0 Å². The molecule has 3 heterocycles. The zero-order chi connectivity index (χ0) is 14.0. The first-order valence-corrected chi connectivity index (χ1v) is 7.76. The van der Waals surface area contributed by atoms with Crippen LogP contribution in [0.2, 0.25) is 0 Å². The molecule has 0 unspecified atom stereocenters. The van der Waals surface area contributed by atoms with Crippen LogP contribution in [0.25, 0.3) is 21.8 Å². The summed E-state index contributed by atoms with van der Waals surface area (Å²) >= 11 is 0. The summed E-state index contributed by atoms with van der Waals surface area (Å²) in [7, 11) is 0. The van der Waals surface area contributed by atoms with Crippen LogP contribution >= 0.6 is 0 Å². The Bertz CT molecular complexity index is 926. The van der Waals surface area contributed by atoms with Gasteiger partial charge in [0.25, 0.3) is 0 Å². The molecule has 22 heavy (non-hydrogen) atoms. The molecule has 0 bridgehead atoms. The van der Waals surface area contributed by atoms with Gasteiger partial charge in [0.05, 0.1) is 17.6 Å². The lowest BCUT2D eigenvalue weighted by molar-refractivity contribution is -0.673. The van der Waals surface area contributed by atoms with Crippen LogP contribution < -0.4 is 17.7 Å². The van der Waals surface area contributed by atoms with Crippen molar-refractivity contribution in [3.8, 4) is 0 Å². The number of para-hydroxylation sites is 1. The minimum absolute atomic E-state index is 0. The molecule has 0 saturated carbocycles. The van der Waals surface area contributed by atoms with E-state index in [9.17, 15) is 4.79 Å². The molecule has 0 radical (unpaired) electrons. The van der Waals surface area contributed by atoms with Gasteiger partial charge in [-0.25, -0.2) is 0 Å². The number of carbonyl (C=O) groups is 1. The third kappa shape index (κ3) is 1.64. The number of nitrogens with two attached hydrogens (primary N) is 1. The lowest BCUT2D eigenvalue weighted by Crippen LogP contribution is -3.00. The van der Waals surface area contributed by atoms with Crippen molar-refractivity contribution in [3.05, 3.63) is 47.0 Å². The molecule has 112 valence electrons. The van der Waals surface area contributed by atoms with Gasteiger partial charge < -0.3 is 17.7 Å². The van der Waals surface area contributed by atoms with Crippen molar-refractivity contribution >= 4 is 27.7 Å². The summed E-state index contributed by atoms with van der Waals surface area (Å²) in [4.78, 5) is 12.5. The van der Waals surface area contributed by atoms with Crippen molar-refractivity contribution < 1.29 is 22.5 Å². The van der Waals surface area contributed by atoms with E-state index in [-0.39, 0.29) is 18.3 Å². The Labute approximate surface area is 134 Å². The molecule has 3 aromatic rings. The Kier molecular flexibility index (Phi) is 3.03. The van der Waals surface area contributed by atoms with E-state index in [4.69, 9.17) is 0 Å². The van der Waals surface area contributed by atoms with Gasteiger partial charge in [0, 0.05) is 29.2 Å². The lowest BCUT2D eigenvalue weighted by atomic mass is 9.90. The molecule has 2 N–H and O–H groups in total. The van der Waals surface area contributed by atoms with Gasteiger partial charge in [0.1, 0.15) is 6.54 Å². The number of hydrogen-bond acceptors (Lipinski definition) is 1. The molecular weight excluding hydrogens is 296 g/mol. The maximum Gasteiger partial charge on any atom is 0.231 e. The average molecular weight is 313 g/mol. The summed E-state index contributed by atoms with van der Waals surface area (Å²) < 4.78 is 1.97. The van der Waals surface area contributed by atoms with Gasteiger partial charge in [0.15, 0.2) is 0 Å². The lowest BCUT2D eigenvalue weighted by Gasteiger charge is -2.21. The molecule has 2 aliphatic heterocycles. The predicted octanol–water partition coefficient (Wildman–Crippen LogP) is -0.996. The van der Waals surface area contributed by atoms with Gasteiger partial charge in [-0.05, 0) is 29.7 Å². The number of aryl methyl sites for hydroxylation is 1. The summed E-state index contributed by atoms with van der Waals surface area (Å²) in [5.74, 6) is 0.246. The number of benzene rings is 2. The van der Waals surface area contributed by atoms with Crippen molar-refractivity contribution in [1.82, 2.24) is 4.57 Å². The van der Waals surface area contributed by atoms with E-state index in [0.29, 0.717) is 6.42 Å². The second-order valence-corrected chi connectivity index (χ2v) is 6.17. The zero-order valence-electron chi connectivity index (χ0n) is 12.2. The summed E-state index contributed by atoms with van der Waals surface area (Å²) in [5, 5.41) is 4.98. The van der Waals surface area contributed by atoms with Crippen LogP contribution in [0.1, 0.15) is 27.9 Å². The Hall–Kier alpha value is -1.84. The van der Waals surface area contributed by atoms with Crippen molar-refractivity contribution in [2.45, 2.75) is 25.8 Å². The van der Waals surface area contributed by atoms with E-state index in [0.717, 1.165) is 31.4 Å². The van der Waals surface area contributed by atoms with Gasteiger partial charge in [-0.3, -0.25) is 9.36 Å². The van der Waals surface area contributed by atoms with Crippen molar-refractivity contribution in [2.75, 3.05) is 6.54 Å². The smallest absolute Gasteiger partial charge is 0.231 e. The Morgan fingerprint density at radius 3 is 2.82 bits per heavy atom. The first-order chi connectivity index (χ1) is 10.3. The Morgan fingerprint density at radius 2 is 1.91 bits per heavy atom. The second kappa shape index (κ2) is 4.83. The number of halogens is 1. The number of hydrogen-bond donors (Lipinski definition) is 1. The first-order valence-electron chi connectivity index (χ1n) is 7.76. The van der Waals surface area contributed by atoms with Crippen molar-refractivity contribution in [2.24, 2.45) is 0 Å². The van der Waals surface area contributed by atoms with Crippen LogP contribution in [-0.2, 0) is 19.4 Å². The minimum Gasteiger partial charge on any atom is -1.00 e. The Balaban J connectivity index is 0.00000125. The van der Waals surface area contributed by atoms with Crippen LogP contribution in [0.4, 0.5) is 0 Å². The highest BCUT2D eigenvalue weighted by Crippen LogP contribution is 2.38. The van der Waals surface area contributed by atoms with Crippen molar-refractivity contribution in [3.63, 3.8) is 0 Å². The van der Waals surface area contributed by atoms with E-state index in [1.165, 1.54) is 33.0 Å². The molecule has 3 nitrogen and oxygen atoms in total.